The van der Waals surface area contributed by atoms with E-state index in [0.717, 1.165) is 5.69 Å². The zero-order valence-electron chi connectivity index (χ0n) is 9.46. The number of aliphatic hydroxyl groups is 2. The average Bonchev–Trinajstić information content (AvgIpc) is 2.75. The van der Waals surface area contributed by atoms with Crippen LogP contribution in [0.15, 0.2) is 5.38 Å². The van der Waals surface area contributed by atoms with E-state index >= 15 is 0 Å². The van der Waals surface area contributed by atoms with Crippen molar-refractivity contribution in [2.24, 2.45) is 0 Å². The molecule has 7 heteroatoms. The fourth-order valence-electron chi connectivity index (χ4n) is 1.75. The van der Waals surface area contributed by atoms with Crippen molar-refractivity contribution in [2.75, 3.05) is 25.0 Å². The molecule has 2 atom stereocenters. The van der Waals surface area contributed by atoms with Gasteiger partial charge in [0.15, 0.2) is 5.13 Å². The van der Waals surface area contributed by atoms with Gasteiger partial charge in [0.2, 0.25) is 5.91 Å². The Balaban J connectivity index is 1.82. The molecule has 1 aromatic rings. The first-order valence-electron chi connectivity index (χ1n) is 5.35. The maximum atomic E-state index is 11.6. The molecule has 3 N–H and O–H groups in total. The van der Waals surface area contributed by atoms with Gasteiger partial charge in [0, 0.05) is 18.5 Å². The average molecular weight is 257 g/mol. The minimum Gasteiger partial charge on any atom is -0.389 e. The van der Waals surface area contributed by atoms with Gasteiger partial charge in [-0.05, 0) is 6.92 Å². The van der Waals surface area contributed by atoms with Crippen molar-refractivity contribution in [1.82, 2.24) is 9.88 Å². The number of anilines is 1. The van der Waals surface area contributed by atoms with Gasteiger partial charge in [-0.15, -0.1) is 11.3 Å². The molecule has 1 fully saturated rings. The number of aliphatic hydroxyl groups excluding tert-OH is 2. The Hall–Kier alpha value is -1.02. The molecule has 0 bridgehead atoms. The van der Waals surface area contributed by atoms with Gasteiger partial charge in [0.25, 0.3) is 0 Å². The van der Waals surface area contributed by atoms with E-state index in [2.05, 4.69) is 10.3 Å². The standard InChI is InChI=1S/C10H15N3O3S/c1-6-5-17-10(11-6)12-9(16)4-13-2-7(14)8(15)3-13/h5,7-8,14-15H,2-4H2,1H3,(H,11,12,16). The molecule has 1 aliphatic rings. The first-order chi connectivity index (χ1) is 8.04. The van der Waals surface area contributed by atoms with Crippen molar-refractivity contribution < 1.29 is 15.0 Å². The third kappa shape index (κ3) is 3.22. The molecule has 1 amide bonds. The van der Waals surface area contributed by atoms with Gasteiger partial charge in [-0.25, -0.2) is 4.98 Å². The molecule has 0 saturated carbocycles. The van der Waals surface area contributed by atoms with Gasteiger partial charge in [-0.3, -0.25) is 9.69 Å². The number of likely N-dealkylation sites (tertiary alicyclic amines) is 1. The third-order valence-electron chi connectivity index (χ3n) is 2.57. The van der Waals surface area contributed by atoms with E-state index in [1.54, 1.807) is 4.90 Å². The Morgan fingerprint density at radius 1 is 1.59 bits per heavy atom. The maximum Gasteiger partial charge on any atom is 0.240 e. The molecule has 94 valence electrons. The summed E-state index contributed by atoms with van der Waals surface area (Å²) in [4.78, 5) is 17.5. The number of hydrogen-bond donors (Lipinski definition) is 3. The van der Waals surface area contributed by atoms with E-state index in [1.807, 2.05) is 12.3 Å². The molecule has 2 heterocycles. The van der Waals surface area contributed by atoms with Crippen LogP contribution < -0.4 is 5.32 Å². The number of aromatic nitrogens is 1. The Labute approximate surface area is 103 Å². The smallest absolute Gasteiger partial charge is 0.240 e. The van der Waals surface area contributed by atoms with E-state index in [4.69, 9.17) is 0 Å². The summed E-state index contributed by atoms with van der Waals surface area (Å²) in [6.07, 6.45) is -1.52. The number of carbonyl (C=O) groups excluding carboxylic acids is 1. The lowest BCUT2D eigenvalue weighted by atomic mass is 10.3. The van der Waals surface area contributed by atoms with Crippen molar-refractivity contribution in [3.63, 3.8) is 0 Å². The molecule has 2 unspecified atom stereocenters. The van der Waals surface area contributed by atoms with Gasteiger partial charge >= 0.3 is 0 Å². The van der Waals surface area contributed by atoms with Gasteiger partial charge in [-0.1, -0.05) is 0 Å². The molecule has 1 aliphatic heterocycles. The molecule has 0 aromatic carbocycles. The van der Waals surface area contributed by atoms with Crippen LogP contribution in [0.5, 0.6) is 0 Å². The highest BCUT2D eigenvalue weighted by atomic mass is 32.1. The summed E-state index contributed by atoms with van der Waals surface area (Å²) in [6.45, 7) is 2.67. The SMILES string of the molecule is Cc1csc(NC(=O)CN2CC(O)C(O)C2)n1. The summed E-state index contributed by atoms with van der Waals surface area (Å²) in [5.74, 6) is -0.180. The van der Waals surface area contributed by atoms with Crippen LogP contribution in [-0.2, 0) is 4.79 Å². The summed E-state index contributed by atoms with van der Waals surface area (Å²) in [7, 11) is 0. The summed E-state index contributed by atoms with van der Waals surface area (Å²) < 4.78 is 0. The predicted molar refractivity (Wildman–Crippen MR) is 63.9 cm³/mol. The van der Waals surface area contributed by atoms with Crippen molar-refractivity contribution in [1.29, 1.82) is 0 Å². The summed E-state index contributed by atoms with van der Waals surface area (Å²) in [5.41, 5.74) is 0.873. The molecule has 2 rings (SSSR count). The zero-order chi connectivity index (χ0) is 12.4. The predicted octanol–water partition coefficient (Wildman–Crippen LogP) is -0.573. The van der Waals surface area contributed by atoms with Gasteiger partial charge < -0.3 is 15.5 Å². The highest BCUT2D eigenvalue weighted by Gasteiger charge is 2.30. The van der Waals surface area contributed by atoms with Crippen LogP contribution in [0, 0.1) is 6.92 Å². The Morgan fingerprint density at radius 2 is 2.24 bits per heavy atom. The minimum absolute atomic E-state index is 0.159. The Morgan fingerprint density at radius 3 is 2.76 bits per heavy atom. The van der Waals surface area contributed by atoms with E-state index in [-0.39, 0.29) is 12.5 Å². The summed E-state index contributed by atoms with van der Waals surface area (Å²) in [6, 6.07) is 0. The van der Waals surface area contributed by atoms with Crippen molar-refractivity contribution in [3.05, 3.63) is 11.1 Å². The first kappa shape index (κ1) is 12.4. The number of aryl methyl sites for hydroxylation is 1. The Kier molecular flexibility index (Phi) is 3.72. The zero-order valence-corrected chi connectivity index (χ0v) is 10.3. The van der Waals surface area contributed by atoms with Crippen LogP contribution in [-0.4, -0.2) is 57.8 Å². The number of thiazole rings is 1. The molecule has 0 spiro atoms. The van der Waals surface area contributed by atoms with E-state index in [1.165, 1.54) is 11.3 Å². The number of amides is 1. The largest absolute Gasteiger partial charge is 0.389 e. The highest BCUT2D eigenvalue weighted by molar-refractivity contribution is 7.13. The minimum atomic E-state index is -0.759. The van der Waals surface area contributed by atoms with Crippen LogP contribution in [0.2, 0.25) is 0 Å². The van der Waals surface area contributed by atoms with E-state index in [0.29, 0.717) is 18.2 Å². The van der Waals surface area contributed by atoms with Gasteiger partial charge in [-0.2, -0.15) is 0 Å². The lowest BCUT2D eigenvalue weighted by Crippen LogP contribution is -2.32. The number of carbonyl (C=O) groups is 1. The van der Waals surface area contributed by atoms with Crippen LogP contribution in [0.25, 0.3) is 0 Å². The topological polar surface area (TPSA) is 85.7 Å². The number of rotatable bonds is 3. The lowest BCUT2D eigenvalue weighted by Gasteiger charge is -2.13. The molecule has 0 aliphatic carbocycles. The fourth-order valence-corrected chi connectivity index (χ4v) is 2.45. The molecule has 0 radical (unpaired) electrons. The van der Waals surface area contributed by atoms with Crippen LogP contribution in [0.3, 0.4) is 0 Å². The highest BCUT2D eigenvalue weighted by Crippen LogP contribution is 2.15. The fraction of sp³-hybridized carbons (Fsp3) is 0.600. The number of nitrogens with one attached hydrogen (secondary N) is 1. The monoisotopic (exact) mass is 257 g/mol. The normalized spacial score (nSPS) is 25.1. The van der Waals surface area contributed by atoms with Crippen LogP contribution in [0.4, 0.5) is 5.13 Å². The molecular formula is C10H15N3O3S. The molecule has 17 heavy (non-hydrogen) atoms. The van der Waals surface area contributed by atoms with Crippen molar-refractivity contribution in [3.8, 4) is 0 Å². The van der Waals surface area contributed by atoms with Crippen LogP contribution in [0.1, 0.15) is 5.69 Å². The van der Waals surface area contributed by atoms with E-state index < -0.39 is 12.2 Å². The Bertz CT molecular complexity index is 399. The van der Waals surface area contributed by atoms with Crippen LogP contribution >= 0.6 is 11.3 Å². The molecule has 1 saturated heterocycles. The number of nitrogens with zero attached hydrogens (tertiary/aromatic N) is 2. The summed E-state index contributed by atoms with van der Waals surface area (Å²) >= 11 is 1.38. The summed E-state index contributed by atoms with van der Waals surface area (Å²) in [5, 5.41) is 23.8. The second-order valence-corrected chi connectivity index (χ2v) is 5.03. The molecule has 6 nitrogen and oxygen atoms in total. The van der Waals surface area contributed by atoms with Gasteiger partial charge in [0.05, 0.1) is 24.4 Å². The van der Waals surface area contributed by atoms with Crippen molar-refractivity contribution in [2.45, 2.75) is 19.1 Å². The maximum absolute atomic E-state index is 11.6. The second-order valence-electron chi connectivity index (χ2n) is 4.17. The number of β-amino-alcohol motifs (C(OH)–C–C–N with tert-alkyl or cyclic N) is 2. The lowest BCUT2D eigenvalue weighted by molar-refractivity contribution is -0.117. The second kappa shape index (κ2) is 5.09. The van der Waals surface area contributed by atoms with E-state index in [9.17, 15) is 15.0 Å². The first-order valence-corrected chi connectivity index (χ1v) is 6.23. The third-order valence-corrected chi connectivity index (χ3v) is 3.44. The number of hydrogen-bond acceptors (Lipinski definition) is 6. The van der Waals surface area contributed by atoms with Crippen molar-refractivity contribution >= 4 is 22.4 Å². The molecular weight excluding hydrogens is 242 g/mol. The quantitative estimate of drug-likeness (QED) is 0.675. The molecule has 1 aromatic heterocycles. The van der Waals surface area contributed by atoms with Gasteiger partial charge in [0.1, 0.15) is 0 Å².